The molecule has 4 heteroatoms. The molecule has 0 saturated carbocycles. The molecule has 2 aromatic heterocycles. The molecule has 0 radical (unpaired) electrons. The van der Waals surface area contributed by atoms with Gasteiger partial charge in [0.15, 0.2) is 0 Å². The number of nitrogens with zero attached hydrogens (tertiary/aromatic N) is 2. The van der Waals surface area contributed by atoms with Crippen molar-refractivity contribution < 1.29 is 4.74 Å². The minimum absolute atomic E-state index is 0.653. The van der Waals surface area contributed by atoms with Gasteiger partial charge in [-0.2, -0.15) is 0 Å². The van der Waals surface area contributed by atoms with Crippen molar-refractivity contribution in [2.75, 3.05) is 12.4 Å². The van der Waals surface area contributed by atoms with E-state index in [1.54, 1.807) is 13.3 Å². The second kappa shape index (κ2) is 5.79. The number of benzene rings is 1. The highest BCUT2D eigenvalue weighted by Crippen LogP contribution is 2.23. The first kappa shape index (κ1) is 13.4. The molecule has 1 aromatic carbocycles. The third-order valence-corrected chi connectivity index (χ3v) is 3.46. The molecule has 0 amide bonds. The SMILES string of the molecule is COc1cccc2ccc(CNc3cnccc3C)nc12. The van der Waals surface area contributed by atoms with Crippen molar-refractivity contribution in [2.45, 2.75) is 13.5 Å². The monoisotopic (exact) mass is 279 g/mol. The van der Waals surface area contributed by atoms with Crippen molar-refractivity contribution in [3.8, 4) is 5.75 Å². The van der Waals surface area contributed by atoms with E-state index in [-0.39, 0.29) is 0 Å². The predicted octanol–water partition coefficient (Wildman–Crippen LogP) is 3.56. The highest BCUT2D eigenvalue weighted by Gasteiger charge is 2.04. The fourth-order valence-corrected chi connectivity index (χ4v) is 2.26. The van der Waals surface area contributed by atoms with Crippen molar-refractivity contribution in [3.05, 3.63) is 60.0 Å². The Bertz CT molecular complexity index is 771. The van der Waals surface area contributed by atoms with Gasteiger partial charge >= 0.3 is 0 Å². The Morgan fingerprint density at radius 3 is 2.86 bits per heavy atom. The third kappa shape index (κ3) is 2.79. The lowest BCUT2D eigenvalue weighted by Gasteiger charge is -2.10. The number of methoxy groups -OCH3 is 1. The lowest BCUT2D eigenvalue weighted by atomic mass is 10.2. The largest absolute Gasteiger partial charge is 0.494 e. The Labute approximate surface area is 123 Å². The first-order valence-electron chi connectivity index (χ1n) is 6.85. The van der Waals surface area contributed by atoms with Gasteiger partial charge in [0.25, 0.3) is 0 Å². The number of aryl methyl sites for hydroxylation is 1. The lowest BCUT2D eigenvalue weighted by molar-refractivity contribution is 0.419. The van der Waals surface area contributed by atoms with E-state index in [0.29, 0.717) is 6.54 Å². The number of fused-ring (bicyclic) bond motifs is 1. The van der Waals surface area contributed by atoms with E-state index in [9.17, 15) is 0 Å². The molecule has 0 atom stereocenters. The van der Waals surface area contributed by atoms with Crippen molar-refractivity contribution in [1.29, 1.82) is 0 Å². The maximum Gasteiger partial charge on any atom is 0.145 e. The Balaban J connectivity index is 1.86. The molecule has 0 aliphatic carbocycles. The average molecular weight is 279 g/mol. The third-order valence-electron chi connectivity index (χ3n) is 3.46. The molecule has 0 spiro atoms. The lowest BCUT2D eigenvalue weighted by Crippen LogP contribution is -2.03. The molecule has 2 heterocycles. The number of rotatable bonds is 4. The molecule has 3 aromatic rings. The van der Waals surface area contributed by atoms with Crippen LogP contribution in [0.15, 0.2) is 48.8 Å². The summed E-state index contributed by atoms with van der Waals surface area (Å²) in [6.45, 7) is 2.71. The van der Waals surface area contributed by atoms with E-state index in [0.717, 1.165) is 28.0 Å². The Kier molecular flexibility index (Phi) is 3.69. The van der Waals surface area contributed by atoms with Crippen LogP contribution in [-0.2, 0) is 6.54 Å². The van der Waals surface area contributed by atoms with Gasteiger partial charge in [-0.25, -0.2) is 4.98 Å². The quantitative estimate of drug-likeness (QED) is 0.793. The van der Waals surface area contributed by atoms with Crippen LogP contribution in [0.25, 0.3) is 10.9 Å². The fourth-order valence-electron chi connectivity index (χ4n) is 2.26. The van der Waals surface area contributed by atoms with Crippen molar-refractivity contribution in [3.63, 3.8) is 0 Å². The molecule has 0 fully saturated rings. The molecule has 4 nitrogen and oxygen atoms in total. The summed E-state index contributed by atoms with van der Waals surface area (Å²) in [6.07, 6.45) is 3.62. The van der Waals surface area contributed by atoms with Crippen LogP contribution < -0.4 is 10.1 Å². The molecule has 21 heavy (non-hydrogen) atoms. The molecular weight excluding hydrogens is 262 g/mol. The van der Waals surface area contributed by atoms with E-state index >= 15 is 0 Å². The second-order valence-electron chi connectivity index (χ2n) is 4.88. The minimum Gasteiger partial charge on any atom is -0.494 e. The summed E-state index contributed by atoms with van der Waals surface area (Å²) in [5, 5.41) is 4.44. The van der Waals surface area contributed by atoms with Gasteiger partial charge in [-0.05, 0) is 30.7 Å². The Hall–Kier alpha value is -2.62. The fraction of sp³-hybridized carbons (Fsp3) is 0.176. The Morgan fingerprint density at radius 1 is 1.14 bits per heavy atom. The van der Waals surface area contributed by atoms with E-state index < -0.39 is 0 Å². The van der Waals surface area contributed by atoms with Gasteiger partial charge < -0.3 is 10.1 Å². The number of nitrogens with one attached hydrogen (secondary N) is 1. The summed E-state index contributed by atoms with van der Waals surface area (Å²) in [7, 11) is 1.67. The molecule has 106 valence electrons. The highest BCUT2D eigenvalue weighted by molar-refractivity contribution is 5.84. The molecule has 0 saturated heterocycles. The zero-order valence-electron chi connectivity index (χ0n) is 12.1. The second-order valence-corrected chi connectivity index (χ2v) is 4.88. The average Bonchev–Trinajstić information content (AvgIpc) is 2.53. The summed E-state index contributed by atoms with van der Waals surface area (Å²) in [5.74, 6) is 0.798. The number of anilines is 1. The van der Waals surface area contributed by atoms with Crippen LogP contribution in [0.2, 0.25) is 0 Å². The van der Waals surface area contributed by atoms with E-state index in [4.69, 9.17) is 4.74 Å². The smallest absolute Gasteiger partial charge is 0.145 e. The van der Waals surface area contributed by atoms with Crippen LogP contribution in [0.3, 0.4) is 0 Å². The van der Waals surface area contributed by atoms with Crippen LogP contribution in [0, 0.1) is 6.92 Å². The molecule has 1 N–H and O–H groups in total. The van der Waals surface area contributed by atoms with E-state index in [2.05, 4.69) is 28.3 Å². The minimum atomic E-state index is 0.653. The summed E-state index contributed by atoms with van der Waals surface area (Å²) in [4.78, 5) is 8.82. The summed E-state index contributed by atoms with van der Waals surface area (Å²) in [6, 6.07) is 12.0. The van der Waals surface area contributed by atoms with Gasteiger partial charge in [0.05, 0.1) is 31.2 Å². The van der Waals surface area contributed by atoms with Crippen LogP contribution in [-0.4, -0.2) is 17.1 Å². The normalized spacial score (nSPS) is 10.6. The predicted molar refractivity (Wildman–Crippen MR) is 84.6 cm³/mol. The zero-order chi connectivity index (χ0) is 14.7. The van der Waals surface area contributed by atoms with Crippen LogP contribution in [0.4, 0.5) is 5.69 Å². The summed E-state index contributed by atoms with van der Waals surface area (Å²) in [5.41, 5.74) is 4.06. The molecule has 0 unspecified atom stereocenters. The van der Waals surface area contributed by atoms with Gasteiger partial charge in [-0.3, -0.25) is 4.98 Å². The summed E-state index contributed by atoms with van der Waals surface area (Å²) < 4.78 is 5.37. The molecular formula is C17H17N3O. The van der Waals surface area contributed by atoms with Crippen molar-refractivity contribution >= 4 is 16.6 Å². The van der Waals surface area contributed by atoms with Crippen LogP contribution >= 0.6 is 0 Å². The van der Waals surface area contributed by atoms with E-state index in [1.165, 1.54) is 5.56 Å². The maximum absolute atomic E-state index is 5.37. The first-order chi connectivity index (χ1) is 10.3. The van der Waals surface area contributed by atoms with Crippen molar-refractivity contribution in [1.82, 2.24) is 9.97 Å². The van der Waals surface area contributed by atoms with Crippen LogP contribution in [0.1, 0.15) is 11.3 Å². The van der Waals surface area contributed by atoms with Gasteiger partial charge in [0.1, 0.15) is 11.3 Å². The van der Waals surface area contributed by atoms with Crippen LogP contribution in [0.5, 0.6) is 5.75 Å². The number of pyridine rings is 2. The molecule has 0 aliphatic heterocycles. The topological polar surface area (TPSA) is 47.0 Å². The zero-order valence-corrected chi connectivity index (χ0v) is 12.1. The van der Waals surface area contributed by atoms with E-state index in [1.807, 2.05) is 36.5 Å². The van der Waals surface area contributed by atoms with Gasteiger partial charge in [0.2, 0.25) is 0 Å². The number of hydrogen-bond donors (Lipinski definition) is 1. The van der Waals surface area contributed by atoms with Gasteiger partial charge in [-0.15, -0.1) is 0 Å². The molecule has 0 aliphatic rings. The number of hydrogen-bond acceptors (Lipinski definition) is 4. The highest BCUT2D eigenvalue weighted by atomic mass is 16.5. The van der Waals surface area contributed by atoms with Gasteiger partial charge in [-0.1, -0.05) is 18.2 Å². The number of aromatic nitrogens is 2. The Morgan fingerprint density at radius 2 is 2.05 bits per heavy atom. The summed E-state index contributed by atoms with van der Waals surface area (Å²) >= 11 is 0. The van der Waals surface area contributed by atoms with Crippen molar-refractivity contribution in [2.24, 2.45) is 0 Å². The first-order valence-corrected chi connectivity index (χ1v) is 6.85. The van der Waals surface area contributed by atoms with Gasteiger partial charge in [0, 0.05) is 11.6 Å². The maximum atomic E-state index is 5.37. The number of para-hydroxylation sites is 1. The molecule has 3 rings (SSSR count). The standard InChI is InChI=1S/C17H17N3O/c1-12-8-9-18-11-15(12)19-10-14-7-6-13-4-3-5-16(21-2)17(13)20-14/h3-9,11,19H,10H2,1-2H3. The number of ether oxygens (including phenoxy) is 1. The molecule has 0 bridgehead atoms.